The van der Waals surface area contributed by atoms with E-state index in [9.17, 15) is 0 Å². The summed E-state index contributed by atoms with van der Waals surface area (Å²) < 4.78 is 10.3. The number of amidine groups is 1. The summed E-state index contributed by atoms with van der Waals surface area (Å²) in [6.45, 7) is 8.35. The summed E-state index contributed by atoms with van der Waals surface area (Å²) in [4.78, 5) is 4.01. The largest absolute Gasteiger partial charge is 0.465 e. The maximum atomic E-state index is 7.36. The van der Waals surface area contributed by atoms with Crippen LogP contribution in [0.15, 0.2) is 10.6 Å². The molecule has 0 aliphatic rings. The molecule has 1 rings (SSSR count). The maximum absolute atomic E-state index is 7.36. The number of nitrogens with one attached hydrogen (secondary N) is 2. The monoisotopic (exact) mass is 211 g/mol. The minimum atomic E-state index is -0.0826. The summed E-state index contributed by atoms with van der Waals surface area (Å²) >= 11 is 0. The molecular formula is C10H17N3O2. The van der Waals surface area contributed by atoms with Crippen molar-refractivity contribution in [1.82, 2.24) is 4.98 Å². The van der Waals surface area contributed by atoms with Gasteiger partial charge in [-0.25, -0.2) is 4.98 Å². The van der Waals surface area contributed by atoms with Crippen molar-refractivity contribution in [1.29, 1.82) is 5.41 Å². The van der Waals surface area contributed by atoms with Crippen LogP contribution in [-0.4, -0.2) is 17.6 Å². The highest BCUT2D eigenvalue weighted by atomic mass is 16.5. The molecule has 0 spiro atoms. The smallest absolute Gasteiger partial charge is 0.302 e. The molecule has 0 aliphatic carbocycles. The quantitative estimate of drug-likeness (QED) is 0.582. The number of aromatic nitrogens is 1. The number of hydrogen-bond acceptors (Lipinski definition) is 4. The number of anilines is 1. The molecular weight excluding hydrogens is 194 g/mol. The van der Waals surface area contributed by atoms with Gasteiger partial charge in [0.05, 0.1) is 12.8 Å². The van der Waals surface area contributed by atoms with Gasteiger partial charge in [0.15, 0.2) is 0 Å². The fraction of sp³-hybridized carbons (Fsp3) is 0.600. The van der Waals surface area contributed by atoms with Crippen LogP contribution in [0.5, 0.6) is 0 Å². The second-order valence-corrected chi connectivity index (χ2v) is 4.17. The molecule has 0 unspecified atom stereocenters. The number of hydrogen-bond donors (Lipinski definition) is 2. The summed E-state index contributed by atoms with van der Waals surface area (Å²) in [5.74, 6) is 0.772. The highest BCUT2D eigenvalue weighted by Gasteiger charge is 2.19. The van der Waals surface area contributed by atoms with Crippen molar-refractivity contribution in [2.45, 2.75) is 33.1 Å². The van der Waals surface area contributed by atoms with Gasteiger partial charge in [0.2, 0.25) is 0 Å². The van der Waals surface area contributed by atoms with Gasteiger partial charge in [0, 0.05) is 5.41 Å². The Kier molecular flexibility index (Phi) is 3.34. The Labute approximate surface area is 89.3 Å². The Morgan fingerprint density at radius 1 is 1.60 bits per heavy atom. The Hall–Kier alpha value is -1.52. The molecule has 0 radical (unpaired) electrons. The van der Waals surface area contributed by atoms with E-state index in [0.717, 1.165) is 5.76 Å². The molecule has 0 amide bonds. The molecule has 84 valence electrons. The molecule has 0 saturated heterocycles. The first-order valence-electron chi connectivity index (χ1n) is 4.88. The van der Waals surface area contributed by atoms with E-state index in [1.54, 1.807) is 6.20 Å². The van der Waals surface area contributed by atoms with Crippen molar-refractivity contribution < 1.29 is 9.15 Å². The van der Waals surface area contributed by atoms with E-state index >= 15 is 0 Å². The number of oxazole rings is 1. The third-order valence-corrected chi connectivity index (χ3v) is 1.75. The third-order valence-electron chi connectivity index (χ3n) is 1.75. The summed E-state index contributed by atoms with van der Waals surface area (Å²) in [6.07, 6.45) is 1.65. The minimum absolute atomic E-state index is 0.0557. The van der Waals surface area contributed by atoms with Crippen LogP contribution in [0.4, 0.5) is 6.01 Å². The zero-order valence-corrected chi connectivity index (χ0v) is 9.55. The van der Waals surface area contributed by atoms with Crippen LogP contribution >= 0.6 is 0 Å². The second kappa shape index (κ2) is 4.33. The molecule has 1 aromatic heterocycles. The molecule has 0 bridgehead atoms. The highest BCUT2D eigenvalue weighted by molar-refractivity contribution is 5.83. The van der Waals surface area contributed by atoms with Gasteiger partial charge in [-0.1, -0.05) is 20.8 Å². The maximum Gasteiger partial charge on any atom is 0.302 e. The zero-order valence-electron chi connectivity index (χ0n) is 9.55. The average Bonchev–Trinajstić information content (AvgIpc) is 2.52. The molecule has 0 atom stereocenters. The van der Waals surface area contributed by atoms with E-state index in [2.05, 4.69) is 10.3 Å². The van der Waals surface area contributed by atoms with Crippen molar-refractivity contribution >= 4 is 12.0 Å². The summed E-state index contributed by atoms with van der Waals surface area (Å²) in [5.41, 5.74) is -0.0826. The van der Waals surface area contributed by atoms with Crippen LogP contribution in [0.3, 0.4) is 0 Å². The van der Waals surface area contributed by atoms with Crippen molar-refractivity contribution in [2.24, 2.45) is 0 Å². The first-order chi connectivity index (χ1) is 6.93. The molecule has 5 nitrogen and oxygen atoms in total. The number of nitrogens with zero attached hydrogens (tertiary/aromatic N) is 1. The van der Waals surface area contributed by atoms with Crippen LogP contribution in [0.2, 0.25) is 0 Å². The van der Waals surface area contributed by atoms with E-state index in [4.69, 9.17) is 14.6 Å². The zero-order chi connectivity index (χ0) is 11.5. The van der Waals surface area contributed by atoms with Crippen LogP contribution < -0.4 is 5.32 Å². The highest BCUT2D eigenvalue weighted by Crippen LogP contribution is 2.24. The molecule has 15 heavy (non-hydrogen) atoms. The lowest BCUT2D eigenvalue weighted by molar-refractivity contribution is 0.321. The number of rotatable bonds is 2. The van der Waals surface area contributed by atoms with Crippen molar-refractivity contribution in [2.75, 3.05) is 11.9 Å². The molecule has 1 heterocycles. The molecule has 1 aromatic rings. The Morgan fingerprint density at radius 2 is 2.27 bits per heavy atom. The first-order valence-corrected chi connectivity index (χ1v) is 4.88. The molecule has 0 saturated carbocycles. The topological polar surface area (TPSA) is 71.1 Å². The lowest BCUT2D eigenvalue weighted by Crippen LogP contribution is -2.14. The van der Waals surface area contributed by atoms with Crippen molar-refractivity contribution in [3.63, 3.8) is 0 Å². The van der Waals surface area contributed by atoms with Crippen molar-refractivity contribution in [3.8, 4) is 0 Å². The lowest BCUT2D eigenvalue weighted by Gasteiger charge is -2.13. The van der Waals surface area contributed by atoms with Gasteiger partial charge in [-0.15, -0.1) is 0 Å². The van der Waals surface area contributed by atoms with Crippen LogP contribution in [0, 0.1) is 5.41 Å². The summed E-state index contributed by atoms with van der Waals surface area (Å²) in [6, 6.07) is 0.234. The fourth-order valence-electron chi connectivity index (χ4n) is 0.956. The van der Waals surface area contributed by atoms with Gasteiger partial charge in [0.1, 0.15) is 5.76 Å². The third kappa shape index (κ3) is 3.27. The predicted molar refractivity (Wildman–Crippen MR) is 58.2 cm³/mol. The Balaban J connectivity index is 2.65. The summed E-state index contributed by atoms with van der Waals surface area (Å²) in [5, 5.41) is 9.98. The molecule has 5 heteroatoms. The first kappa shape index (κ1) is 11.6. The molecule has 0 fully saturated rings. The molecule has 0 aromatic carbocycles. The van der Waals surface area contributed by atoms with Gasteiger partial charge in [-0.05, 0) is 6.92 Å². The Morgan fingerprint density at radius 3 is 2.73 bits per heavy atom. The SMILES string of the molecule is CCOC(=N)Nc1ncc(C(C)(C)C)o1. The van der Waals surface area contributed by atoms with Crippen LogP contribution in [-0.2, 0) is 10.2 Å². The van der Waals surface area contributed by atoms with Crippen LogP contribution in [0.25, 0.3) is 0 Å². The van der Waals surface area contributed by atoms with Crippen LogP contribution in [0.1, 0.15) is 33.5 Å². The van der Waals surface area contributed by atoms with E-state index in [1.807, 2.05) is 27.7 Å². The van der Waals surface area contributed by atoms with Crippen molar-refractivity contribution in [3.05, 3.63) is 12.0 Å². The predicted octanol–water partition coefficient (Wildman–Crippen LogP) is 2.36. The second-order valence-electron chi connectivity index (χ2n) is 4.17. The standard InChI is InChI=1S/C10H17N3O2/c1-5-14-8(11)13-9-12-6-7(15-9)10(2,3)4/h6H,5H2,1-4H3,(H2,11,12,13). The average molecular weight is 211 g/mol. The minimum Gasteiger partial charge on any atom is -0.465 e. The van der Waals surface area contributed by atoms with E-state index < -0.39 is 0 Å². The molecule has 2 N–H and O–H groups in total. The van der Waals surface area contributed by atoms with E-state index in [1.165, 1.54) is 0 Å². The number of ether oxygens (including phenoxy) is 1. The van der Waals surface area contributed by atoms with E-state index in [0.29, 0.717) is 12.6 Å². The van der Waals surface area contributed by atoms with Gasteiger partial charge in [0.25, 0.3) is 6.02 Å². The summed E-state index contributed by atoms with van der Waals surface area (Å²) in [7, 11) is 0. The Bertz CT molecular complexity index is 339. The van der Waals surface area contributed by atoms with Gasteiger partial charge < -0.3 is 9.15 Å². The van der Waals surface area contributed by atoms with Gasteiger partial charge in [-0.3, -0.25) is 10.7 Å². The lowest BCUT2D eigenvalue weighted by atomic mass is 9.94. The molecule has 0 aliphatic heterocycles. The van der Waals surface area contributed by atoms with E-state index in [-0.39, 0.29) is 11.4 Å². The van der Waals surface area contributed by atoms with Gasteiger partial charge in [-0.2, -0.15) is 0 Å². The van der Waals surface area contributed by atoms with Gasteiger partial charge >= 0.3 is 6.01 Å². The normalized spacial score (nSPS) is 11.2. The fourth-order valence-corrected chi connectivity index (χ4v) is 0.956.